The minimum absolute atomic E-state index is 0.0746. The maximum absolute atomic E-state index is 10.6. The zero-order valence-corrected chi connectivity index (χ0v) is 8.85. The predicted octanol–water partition coefficient (Wildman–Crippen LogP) is 1.55. The summed E-state index contributed by atoms with van der Waals surface area (Å²) >= 11 is 0. The molecule has 0 radical (unpaired) electrons. The van der Waals surface area contributed by atoms with Crippen molar-refractivity contribution in [1.29, 1.82) is 0 Å². The number of carboxylic acids is 1. The molecule has 16 heavy (non-hydrogen) atoms. The van der Waals surface area contributed by atoms with E-state index < -0.39 is 5.97 Å². The van der Waals surface area contributed by atoms with Gasteiger partial charge in [0.25, 0.3) is 0 Å². The van der Waals surface area contributed by atoms with Crippen LogP contribution >= 0.6 is 0 Å². The number of furan rings is 1. The lowest BCUT2D eigenvalue weighted by Gasteiger charge is -2.14. The molecule has 1 aromatic rings. The van der Waals surface area contributed by atoms with E-state index in [4.69, 9.17) is 9.52 Å². The first kappa shape index (κ1) is 11.0. The molecule has 1 saturated carbocycles. The Kier molecular flexibility index (Phi) is 3.14. The molecule has 0 bridgehead atoms. The summed E-state index contributed by atoms with van der Waals surface area (Å²) in [5.74, 6) is -0.474. The van der Waals surface area contributed by atoms with Crippen molar-refractivity contribution < 1.29 is 19.4 Å². The van der Waals surface area contributed by atoms with E-state index >= 15 is 0 Å². The first-order chi connectivity index (χ1) is 7.66. The highest BCUT2D eigenvalue weighted by Crippen LogP contribution is 2.26. The molecule has 1 aliphatic carbocycles. The summed E-state index contributed by atoms with van der Waals surface area (Å²) in [5, 5.41) is 21.3. The molecule has 1 heterocycles. The van der Waals surface area contributed by atoms with Gasteiger partial charge in [-0.15, -0.1) is 0 Å². The molecule has 0 aliphatic heterocycles. The summed E-state index contributed by atoms with van der Waals surface area (Å²) in [5.41, 5.74) is 0. The predicted molar refractivity (Wildman–Crippen MR) is 57.5 cm³/mol. The Hall–Kier alpha value is -1.49. The molecule has 0 saturated heterocycles. The molecular formula is C11H15NO4. The van der Waals surface area contributed by atoms with Gasteiger partial charge in [0.2, 0.25) is 5.76 Å². The minimum Gasteiger partial charge on any atom is -0.475 e. The molecule has 1 aliphatic rings. The number of aliphatic hydroxyl groups excluding tert-OH is 1. The fourth-order valence-electron chi connectivity index (χ4n) is 2.03. The molecule has 0 aromatic carbocycles. The maximum Gasteiger partial charge on any atom is 0.371 e. The van der Waals surface area contributed by atoms with Crippen molar-refractivity contribution in [2.24, 2.45) is 5.92 Å². The summed E-state index contributed by atoms with van der Waals surface area (Å²) < 4.78 is 5.05. The first-order valence-electron chi connectivity index (χ1n) is 5.42. The highest BCUT2D eigenvalue weighted by molar-refractivity contribution is 5.84. The van der Waals surface area contributed by atoms with E-state index in [0.717, 1.165) is 19.3 Å². The normalized spacial score (nSPS) is 24.6. The van der Waals surface area contributed by atoms with E-state index in [1.165, 1.54) is 6.07 Å². The van der Waals surface area contributed by atoms with Crippen LogP contribution in [0.25, 0.3) is 0 Å². The number of anilines is 1. The monoisotopic (exact) mass is 225 g/mol. The van der Waals surface area contributed by atoms with E-state index in [9.17, 15) is 9.90 Å². The van der Waals surface area contributed by atoms with Crippen molar-refractivity contribution in [3.05, 3.63) is 17.9 Å². The number of aliphatic hydroxyl groups is 1. The molecule has 2 rings (SSSR count). The lowest BCUT2D eigenvalue weighted by Crippen LogP contribution is -2.21. The molecule has 3 N–H and O–H groups in total. The Labute approximate surface area is 93.1 Å². The quantitative estimate of drug-likeness (QED) is 0.724. The highest BCUT2D eigenvalue weighted by atomic mass is 16.4. The van der Waals surface area contributed by atoms with Crippen molar-refractivity contribution in [2.45, 2.75) is 25.4 Å². The van der Waals surface area contributed by atoms with Gasteiger partial charge in [-0.25, -0.2) is 4.79 Å². The Balaban J connectivity index is 1.87. The van der Waals surface area contributed by atoms with Crippen molar-refractivity contribution in [3.8, 4) is 0 Å². The number of hydrogen-bond donors (Lipinski definition) is 3. The summed E-state index contributed by atoms with van der Waals surface area (Å²) in [6.07, 6.45) is 2.65. The van der Waals surface area contributed by atoms with Crippen LogP contribution in [0.4, 0.5) is 5.88 Å². The second kappa shape index (κ2) is 4.57. The molecule has 2 unspecified atom stereocenters. The molecule has 1 aromatic heterocycles. The van der Waals surface area contributed by atoms with Gasteiger partial charge in [-0.1, -0.05) is 6.42 Å². The molecule has 1 fully saturated rings. The van der Waals surface area contributed by atoms with Crippen LogP contribution in [0.3, 0.4) is 0 Å². The van der Waals surface area contributed by atoms with Crippen LogP contribution in [-0.4, -0.2) is 28.8 Å². The average Bonchev–Trinajstić information content (AvgIpc) is 2.83. The number of aromatic carboxylic acids is 1. The maximum atomic E-state index is 10.6. The zero-order valence-electron chi connectivity index (χ0n) is 8.85. The first-order valence-corrected chi connectivity index (χ1v) is 5.42. The smallest absolute Gasteiger partial charge is 0.371 e. The van der Waals surface area contributed by atoms with Crippen LogP contribution in [0.2, 0.25) is 0 Å². The molecule has 5 heteroatoms. The molecular weight excluding hydrogens is 210 g/mol. The van der Waals surface area contributed by atoms with Crippen LogP contribution < -0.4 is 5.32 Å². The lowest BCUT2D eigenvalue weighted by molar-refractivity contribution is 0.0663. The number of hydrogen-bond acceptors (Lipinski definition) is 4. The van der Waals surface area contributed by atoms with Gasteiger partial charge in [-0.05, 0) is 18.9 Å². The van der Waals surface area contributed by atoms with Crippen LogP contribution in [0.5, 0.6) is 0 Å². The summed E-state index contributed by atoms with van der Waals surface area (Å²) in [6, 6.07) is 3.00. The Morgan fingerprint density at radius 3 is 2.88 bits per heavy atom. The van der Waals surface area contributed by atoms with Crippen molar-refractivity contribution >= 4 is 11.9 Å². The van der Waals surface area contributed by atoms with Gasteiger partial charge in [0.05, 0.1) is 6.10 Å². The van der Waals surface area contributed by atoms with E-state index in [1.807, 2.05) is 0 Å². The number of carbonyl (C=O) groups is 1. The van der Waals surface area contributed by atoms with E-state index in [1.54, 1.807) is 6.07 Å². The topological polar surface area (TPSA) is 82.7 Å². The second-order valence-electron chi connectivity index (χ2n) is 4.11. The van der Waals surface area contributed by atoms with Crippen molar-refractivity contribution in [2.75, 3.05) is 11.9 Å². The van der Waals surface area contributed by atoms with Crippen molar-refractivity contribution in [1.82, 2.24) is 0 Å². The standard InChI is InChI=1S/C11H15NO4/c13-8-3-1-2-7(8)6-12-10-5-4-9(16-10)11(14)15/h4-5,7-8,12-13H,1-3,6H2,(H,14,15). The molecule has 2 atom stereocenters. The van der Waals surface area contributed by atoms with Gasteiger partial charge in [-0.3, -0.25) is 0 Å². The minimum atomic E-state index is -1.08. The van der Waals surface area contributed by atoms with E-state index in [-0.39, 0.29) is 17.8 Å². The third-order valence-corrected chi connectivity index (χ3v) is 2.97. The molecule has 0 amide bonds. The van der Waals surface area contributed by atoms with Gasteiger partial charge >= 0.3 is 5.97 Å². The Bertz CT molecular complexity index is 374. The van der Waals surface area contributed by atoms with Gasteiger partial charge in [0.15, 0.2) is 5.88 Å². The van der Waals surface area contributed by atoms with Gasteiger partial charge in [-0.2, -0.15) is 0 Å². The fraction of sp³-hybridized carbons (Fsp3) is 0.545. The molecule has 0 spiro atoms. The van der Waals surface area contributed by atoms with Crippen LogP contribution in [0.15, 0.2) is 16.5 Å². The second-order valence-corrected chi connectivity index (χ2v) is 4.11. The third-order valence-electron chi connectivity index (χ3n) is 2.97. The molecule has 88 valence electrons. The SMILES string of the molecule is O=C(O)c1ccc(NCC2CCCC2O)o1. The number of rotatable bonds is 4. The third kappa shape index (κ3) is 2.36. The van der Waals surface area contributed by atoms with E-state index in [2.05, 4.69) is 5.32 Å². The summed E-state index contributed by atoms with van der Waals surface area (Å²) in [6.45, 7) is 0.619. The summed E-state index contributed by atoms with van der Waals surface area (Å²) in [7, 11) is 0. The number of nitrogens with one attached hydrogen (secondary N) is 1. The zero-order chi connectivity index (χ0) is 11.5. The fourth-order valence-corrected chi connectivity index (χ4v) is 2.03. The van der Waals surface area contributed by atoms with Crippen LogP contribution in [0.1, 0.15) is 29.8 Å². The van der Waals surface area contributed by atoms with Crippen LogP contribution in [-0.2, 0) is 0 Å². The largest absolute Gasteiger partial charge is 0.475 e. The van der Waals surface area contributed by atoms with Gasteiger partial charge in [0.1, 0.15) is 0 Å². The van der Waals surface area contributed by atoms with Crippen LogP contribution in [0, 0.1) is 5.92 Å². The number of carboxylic acid groups (broad SMARTS) is 1. The summed E-state index contributed by atoms with van der Waals surface area (Å²) in [4.78, 5) is 10.6. The Morgan fingerprint density at radius 2 is 2.31 bits per heavy atom. The Morgan fingerprint density at radius 1 is 1.50 bits per heavy atom. The highest BCUT2D eigenvalue weighted by Gasteiger charge is 2.25. The van der Waals surface area contributed by atoms with E-state index in [0.29, 0.717) is 12.4 Å². The lowest BCUT2D eigenvalue weighted by atomic mass is 10.1. The molecule has 5 nitrogen and oxygen atoms in total. The average molecular weight is 225 g/mol. The van der Waals surface area contributed by atoms with Crippen molar-refractivity contribution in [3.63, 3.8) is 0 Å². The van der Waals surface area contributed by atoms with Gasteiger partial charge in [0, 0.05) is 18.5 Å². The van der Waals surface area contributed by atoms with Gasteiger partial charge < -0.3 is 19.9 Å².